The third kappa shape index (κ3) is 5.06. The molecule has 0 atom stereocenters. The maximum Gasteiger partial charge on any atom is 0.253 e. The van der Waals surface area contributed by atoms with E-state index >= 15 is 0 Å². The van der Waals surface area contributed by atoms with Crippen LogP contribution in [0, 0.1) is 11.2 Å². The minimum absolute atomic E-state index is 0.00275. The molecule has 1 saturated heterocycles. The molecule has 0 aliphatic carbocycles. The number of hydrogen-bond donors (Lipinski definition) is 2. The summed E-state index contributed by atoms with van der Waals surface area (Å²) in [6, 6.07) is 9.97. The molecule has 172 valence electrons. The summed E-state index contributed by atoms with van der Waals surface area (Å²) in [6.45, 7) is 5.10. The lowest BCUT2D eigenvalue weighted by Gasteiger charge is -2.30. The highest BCUT2D eigenvalue weighted by Gasteiger charge is 2.28. The Kier molecular flexibility index (Phi) is 6.74. The van der Waals surface area contributed by atoms with Crippen LogP contribution in [-0.4, -0.2) is 46.3 Å². The van der Waals surface area contributed by atoms with Crippen molar-refractivity contribution in [1.82, 2.24) is 15.0 Å². The second-order valence-electron chi connectivity index (χ2n) is 8.40. The van der Waals surface area contributed by atoms with Gasteiger partial charge in [-0.05, 0) is 51.0 Å². The molecule has 1 aromatic heterocycles. The average Bonchev–Trinajstić information content (AvgIpc) is 3.30. The Morgan fingerprint density at radius 2 is 2.03 bits per heavy atom. The SMILES string of the molecule is CC(C)Nc1cc(-c2noc(C3CCN(C(=O)c4ccc(Cl)c(F)c4)CC3)n2)ccc1C=N. The van der Waals surface area contributed by atoms with E-state index in [4.69, 9.17) is 21.5 Å². The van der Waals surface area contributed by atoms with Gasteiger partial charge in [-0.1, -0.05) is 28.9 Å². The van der Waals surface area contributed by atoms with Gasteiger partial charge in [-0.2, -0.15) is 4.98 Å². The third-order valence-corrected chi connectivity index (χ3v) is 5.96. The summed E-state index contributed by atoms with van der Waals surface area (Å²) in [5, 5.41) is 15.1. The van der Waals surface area contributed by atoms with Crippen molar-refractivity contribution >= 4 is 29.4 Å². The van der Waals surface area contributed by atoms with E-state index in [0.29, 0.717) is 37.6 Å². The van der Waals surface area contributed by atoms with Crippen LogP contribution in [0.5, 0.6) is 0 Å². The van der Waals surface area contributed by atoms with Gasteiger partial charge in [0.15, 0.2) is 0 Å². The molecule has 2 aromatic carbocycles. The summed E-state index contributed by atoms with van der Waals surface area (Å²) >= 11 is 5.71. The van der Waals surface area contributed by atoms with Crippen molar-refractivity contribution in [2.45, 2.75) is 38.6 Å². The summed E-state index contributed by atoms with van der Waals surface area (Å²) in [6.07, 6.45) is 2.66. The van der Waals surface area contributed by atoms with Crippen LogP contribution in [0.2, 0.25) is 5.02 Å². The van der Waals surface area contributed by atoms with Crippen LogP contribution in [0.15, 0.2) is 40.9 Å². The fourth-order valence-electron chi connectivity index (χ4n) is 3.92. The molecule has 9 heteroatoms. The summed E-state index contributed by atoms with van der Waals surface area (Å²) < 4.78 is 19.3. The van der Waals surface area contributed by atoms with Gasteiger partial charge >= 0.3 is 0 Å². The number of hydrogen-bond acceptors (Lipinski definition) is 6. The zero-order valence-corrected chi connectivity index (χ0v) is 19.2. The zero-order chi connectivity index (χ0) is 23.5. The van der Waals surface area contributed by atoms with Crippen molar-refractivity contribution < 1.29 is 13.7 Å². The molecule has 1 amide bonds. The highest BCUT2D eigenvalue weighted by atomic mass is 35.5. The number of amides is 1. The average molecular weight is 470 g/mol. The Morgan fingerprint density at radius 1 is 1.27 bits per heavy atom. The number of nitrogens with one attached hydrogen (secondary N) is 2. The maximum atomic E-state index is 13.7. The van der Waals surface area contributed by atoms with Gasteiger partial charge in [0.05, 0.1) is 5.02 Å². The standard InChI is InChI=1S/C24H25ClFN5O2/c1-14(2)28-21-12-16(3-4-18(21)13-27)22-29-23(33-30-22)15-7-9-31(10-8-15)24(32)17-5-6-19(25)20(26)11-17/h3-6,11-15,27-28H,7-10H2,1-2H3. The second-order valence-corrected chi connectivity index (χ2v) is 8.80. The predicted molar refractivity (Wildman–Crippen MR) is 126 cm³/mol. The lowest BCUT2D eigenvalue weighted by atomic mass is 9.96. The van der Waals surface area contributed by atoms with Crippen molar-refractivity contribution in [2.75, 3.05) is 18.4 Å². The maximum absolute atomic E-state index is 13.7. The summed E-state index contributed by atoms with van der Waals surface area (Å²) in [7, 11) is 0. The van der Waals surface area contributed by atoms with Crippen LogP contribution in [0.4, 0.5) is 10.1 Å². The van der Waals surface area contributed by atoms with E-state index in [1.807, 2.05) is 32.0 Å². The molecular weight excluding hydrogens is 445 g/mol. The molecule has 1 fully saturated rings. The van der Waals surface area contributed by atoms with Gasteiger partial charge in [0.25, 0.3) is 5.91 Å². The van der Waals surface area contributed by atoms with Gasteiger partial charge < -0.3 is 20.1 Å². The quantitative estimate of drug-likeness (QED) is 0.473. The van der Waals surface area contributed by atoms with E-state index in [1.54, 1.807) is 4.90 Å². The first-order chi connectivity index (χ1) is 15.9. The molecule has 0 unspecified atom stereocenters. The van der Waals surface area contributed by atoms with Crippen molar-refractivity contribution in [2.24, 2.45) is 0 Å². The van der Waals surface area contributed by atoms with Crippen molar-refractivity contribution in [3.8, 4) is 11.4 Å². The van der Waals surface area contributed by atoms with Crippen LogP contribution in [-0.2, 0) is 0 Å². The molecule has 0 bridgehead atoms. The third-order valence-electron chi connectivity index (χ3n) is 5.65. The van der Waals surface area contributed by atoms with Gasteiger partial charge in [0.2, 0.25) is 11.7 Å². The second kappa shape index (κ2) is 9.70. The van der Waals surface area contributed by atoms with E-state index in [0.717, 1.165) is 16.8 Å². The normalized spacial score (nSPS) is 14.5. The number of carbonyl (C=O) groups excluding carboxylic acids is 1. The molecule has 2 heterocycles. The summed E-state index contributed by atoms with van der Waals surface area (Å²) in [5.41, 5.74) is 2.72. The molecule has 33 heavy (non-hydrogen) atoms. The number of aromatic nitrogens is 2. The van der Waals surface area contributed by atoms with Crippen molar-refractivity contribution in [1.29, 1.82) is 5.41 Å². The lowest BCUT2D eigenvalue weighted by molar-refractivity contribution is 0.0704. The summed E-state index contributed by atoms with van der Waals surface area (Å²) in [5.74, 6) is 0.266. The smallest absolute Gasteiger partial charge is 0.253 e. The van der Waals surface area contributed by atoms with Crippen molar-refractivity contribution in [3.05, 3.63) is 64.3 Å². The largest absolute Gasteiger partial charge is 0.382 e. The Balaban J connectivity index is 1.43. The fourth-order valence-corrected chi connectivity index (χ4v) is 4.03. The number of likely N-dealkylation sites (tertiary alicyclic amines) is 1. The van der Waals surface area contributed by atoms with Crippen LogP contribution < -0.4 is 5.32 Å². The minimum Gasteiger partial charge on any atom is -0.382 e. The predicted octanol–water partition coefficient (Wildman–Crippen LogP) is 5.37. The molecule has 4 rings (SSSR count). The highest BCUT2D eigenvalue weighted by molar-refractivity contribution is 6.30. The molecule has 0 spiro atoms. The number of anilines is 1. The lowest BCUT2D eigenvalue weighted by Crippen LogP contribution is -2.38. The van der Waals surface area contributed by atoms with Crippen LogP contribution in [0.25, 0.3) is 11.4 Å². The van der Waals surface area contributed by atoms with E-state index < -0.39 is 5.82 Å². The molecule has 0 radical (unpaired) electrons. The topological polar surface area (TPSA) is 95.1 Å². The molecule has 3 aromatic rings. The Labute approximate surface area is 196 Å². The number of piperidine rings is 1. The van der Waals surface area contributed by atoms with Crippen LogP contribution >= 0.6 is 11.6 Å². The first-order valence-corrected chi connectivity index (χ1v) is 11.2. The molecule has 7 nitrogen and oxygen atoms in total. The van der Waals surface area contributed by atoms with E-state index in [1.165, 1.54) is 24.4 Å². The van der Waals surface area contributed by atoms with E-state index in [2.05, 4.69) is 15.5 Å². The van der Waals surface area contributed by atoms with E-state index in [-0.39, 0.29) is 28.5 Å². The number of halogens is 2. The zero-order valence-electron chi connectivity index (χ0n) is 18.4. The molecule has 1 aliphatic heterocycles. The number of carbonyl (C=O) groups is 1. The van der Waals surface area contributed by atoms with Gasteiger partial charge in [-0.15, -0.1) is 0 Å². The van der Waals surface area contributed by atoms with Gasteiger partial charge in [-0.3, -0.25) is 4.79 Å². The number of benzene rings is 2. The number of nitrogens with zero attached hydrogens (tertiary/aromatic N) is 3. The van der Waals surface area contributed by atoms with Gasteiger partial charge in [0.1, 0.15) is 5.82 Å². The first-order valence-electron chi connectivity index (χ1n) is 10.8. The summed E-state index contributed by atoms with van der Waals surface area (Å²) in [4.78, 5) is 19.0. The Morgan fingerprint density at radius 3 is 2.70 bits per heavy atom. The minimum atomic E-state index is -0.601. The van der Waals surface area contributed by atoms with E-state index in [9.17, 15) is 9.18 Å². The van der Waals surface area contributed by atoms with Gasteiger partial charge in [-0.25, -0.2) is 4.39 Å². The Hall–Kier alpha value is -3.26. The number of rotatable bonds is 6. The van der Waals surface area contributed by atoms with Crippen LogP contribution in [0.3, 0.4) is 0 Å². The molecule has 1 aliphatic rings. The first kappa shape index (κ1) is 22.9. The Bertz CT molecular complexity index is 1170. The van der Waals surface area contributed by atoms with Gasteiger partial charge in [0, 0.05) is 53.6 Å². The van der Waals surface area contributed by atoms with Crippen LogP contribution in [0.1, 0.15) is 54.4 Å². The molecule has 0 saturated carbocycles. The highest BCUT2D eigenvalue weighted by Crippen LogP contribution is 2.30. The molecular formula is C24H25ClFN5O2. The fraction of sp³-hybridized carbons (Fsp3) is 0.333. The monoisotopic (exact) mass is 469 g/mol. The van der Waals surface area contributed by atoms with Crippen molar-refractivity contribution in [3.63, 3.8) is 0 Å². The molecule has 2 N–H and O–H groups in total.